The van der Waals surface area contributed by atoms with E-state index in [-0.39, 0.29) is 11.3 Å². The lowest BCUT2D eigenvalue weighted by molar-refractivity contribution is 0.0745. The smallest absolute Gasteiger partial charge is 0.264 e. The van der Waals surface area contributed by atoms with Crippen molar-refractivity contribution in [3.8, 4) is 5.75 Å². The van der Waals surface area contributed by atoms with Crippen LogP contribution in [-0.2, 0) is 0 Å². The first-order valence-corrected chi connectivity index (χ1v) is 10.0. The first-order valence-electron chi connectivity index (χ1n) is 9.12. The van der Waals surface area contributed by atoms with Crippen molar-refractivity contribution in [1.29, 1.82) is 0 Å². The Kier molecular flexibility index (Phi) is 3.82. The van der Waals surface area contributed by atoms with E-state index in [1.54, 1.807) is 13.4 Å². The van der Waals surface area contributed by atoms with E-state index < -0.39 is 0 Å². The molecule has 1 spiro atoms. The fourth-order valence-corrected chi connectivity index (χ4v) is 4.73. The predicted molar refractivity (Wildman–Crippen MR) is 105 cm³/mol. The van der Waals surface area contributed by atoms with Crippen LogP contribution in [0.2, 0.25) is 0 Å². The van der Waals surface area contributed by atoms with E-state index in [4.69, 9.17) is 4.74 Å². The molecule has 7 nitrogen and oxygen atoms in total. The van der Waals surface area contributed by atoms with Crippen LogP contribution in [0.3, 0.4) is 0 Å². The third kappa shape index (κ3) is 2.93. The van der Waals surface area contributed by atoms with Gasteiger partial charge in [0.2, 0.25) is 0 Å². The first kappa shape index (κ1) is 16.6. The molecule has 1 N–H and O–H groups in total. The number of thiophene rings is 1. The van der Waals surface area contributed by atoms with Crippen molar-refractivity contribution >= 4 is 34.1 Å². The van der Waals surface area contributed by atoms with Crippen molar-refractivity contribution < 1.29 is 9.53 Å². The van der Waals surface area contributed by atoms with Gasteiger partial charge in [0.15, 0.2) is 0 Å². The van der Waals surface area contributed by atoms with Crippen LogP contribution in [0.1, 0.15) is 22.5 Å². The minimum absolute atomic E-state index is 0.103. The van der Waals surface area contributed by atoms with Crippen LogP contribution in [-0.4, -0.2) is 59.0 Å². The van der Waals surface area contributed by atoms with Crippen LogP contribution in [0.5, 0.6) is 5.75 Å². The molecule has 2 aliphatic rings. The van der Waals surface area contributed by atoms with Gasteiger partial charge in [-0.05, 0) is 18.9 Å². The second-order valence-electron chi connectivity index (χ2n) is 7.44. The number of carbonyl (C=O) groups excluding carboxylic acids is 1. The maximum atomic E-state index is 13.0. The zero-order valence-corrected chi connectivity index (χ0v) is 16.0. The van der Waals surface area contributed by atoms with Gasteiger partial charge in [0.1, 0.15) is 23.5 Å². The molecule has 140 valence electrons. The average molecular weight is 383 g/mol. The number of H-pyrrole nitrogens is 1. The molecular formula is C19H21N5O2S. The summed E-state index contributed by atoms with van der Waals surface area (Å²) in [5.41, 5.74) is 1.04. The molecule has 1 aliphatic carbocycles. The number of methoxy groups -OCH3 is 1. The highest BCUT2D eigenvalue weighted by Crippen LogP contribution is 2.48. The van der Waals surface area contributed by atoms with Crippen LogP contribution in [0, 0.1) is 5.41 Å². The Labute approximate surface area is 161 Å². The van der Waals surface area contributed by atoms with Crippen molar-refractivity contribution in [3.05, 3.63) is 34.9 Å². The molecule has 3 aromatic heterocycles. The van der Waals surface area contributed by atoms with E-state index in [1.165, 1.54) is 11.3 Å². The zero-order chi connectivity index (χ0) is 18.4. The maximum absolute atomic E-state index is 13.0. The molecule has 8 heteroatoms. The van der Waals surface area contributed by atoms with Gasteiger partial charge in [0.25, 0.3) is 5.91 Å². The van der Waals surface area contributed by atoms with Gasteiger partial charge < -0.3 is 19.5 Å². The minimum Gasteiger partial charge on any atom is -0.496 e. The number of hydrogen-bond acceptors (Lipinski definition) is 6. The fraction of sp³-hybridized carbons (Fsp3) is 0.421. The summed E-state index contributed by atoms with van der Waals surface area (Å²) in [5, 5.41) is 2.92. The summed E-state index contributed by atoms with van der Waals surface area (Å²) in [7, 11) is 1.63. The molecule has 0 radical (unpaired) electrons. The molecule has 1 saturated carbocycles. The highest BCUT2D eigenvalue weighted by Gasteiger charge is 2.48. The summed E-state index contributed by atoms with van der Waals surface area (Å²) >= 11 is 1.45. The van der Waals surface area contributed by atoms with Crippen LogP contribution in [0.25, 0.3) is 11.0 Å². The minimum atomic E-state index is 0.103. The molecule has 1 amide bonds. The van der Waals surface area contributed by atoms with E-state index in [1.807, 2.05) is 28.6 Å². The Morgan fingerprint density at radius 3 is 2.96 bits per heavy atom. The van der Waals surface area contributed by atoms with Gasteiger partial charge in [0, 0.05) is 49.2 Å². The second-order valence-corrected chi connectivity index (χ2v) is 8.35. The summed E-state index contributed by atoms with van der Waals surface area (Å²) in [4.78, 5) is 30.1. The van der Waals surface area contributed by atoms with Gasteiger partial charge in [-0.25, -0.2) is 9.97 Å². The number of hydrogen-bond donors (Lipinski definition) is 1. The van der Waals surface area contributed by atoms with Gasteiger partial charge >= 0.3 is 0 Å². The van der Waals surface area contributed by atoms with Gasteiger partial charge in [-0.1, -0.05) is 0 Å². The van der Waals surface area contributed by atoms with Crippen molar-refractivity contribution in [2.75, 3.05) is 38.2 Å². The molecule has 0 bridgehead atoms. The lowest BCUT2D eigenvalue weighted by atomic mass is 10.1. The molecule has 1 aliphatic heterocycles. The number of amides is 1. The van der Waals surface area contributed by atoms with Crippen molar-refractivity contribution in [2.24, 2.45) is 5.41 Å². The molecule has 0 unspecified atom stereocenters. The van der Waals surface area contributed by atoms with E-state index in [0.717, 1.165) is 60.0 Å². The SMILES string of the molecule is COc1csc(C(=O)N2CCN(c3ncnc4[nH]ccc34)CC3(CC3)C2)c1. The second kappa shape index (κ2) is 6.23. The van der Waals surface area contributed by atoms with Gasteiger partial charge in [-0.3, -0.25) is 4.79 Å². The molecule has 3 aromatic rings. The number of aromatic amines is 1. The van der Waals surface area contributed by atoms with Gasteiger partial charge in [-0.15, -0.1) is 11.3 Å². The molecular weight excluding hydrogens is 362 g/mol. The van der Waals surface area contributed by atoms with E-state index in [9.17, 15) is 4.79 Å². The van der Waals surface area contributed by atoms with Crippen LogP contribution < -0.4 is 9.64 Å². The largest absolute Gasteiger partial charge is 0.496 e. The number of ether oxygens (including phenoxy) is 1. The maximum Gasteiger partial charge on any atom is 0.264 e. The third-order valence-electron chi connectivity index (χ3n) is 5.59. The number of aromatic nitrogens is 3. The predicted octanol–water partition coefficient (Wildman–Crippen LogP) is 2.77. The standard InChI is InChI=1S/C19H21N5O2S/c1-26-13-8-15(27-9-13)18(25)24-7-6-23(10-19(11-24)3-4-19)17-14-2-5-20-16(14)21-12-22-17/h2,5,8-9,12H,3-4,6-7,10-11H2,1H3,(H,20,21,22). The molecule has 1 saturated heterocycles. The molecule has 27 heavy (non-hydrogen) atoms. The van der Waals surface area contributed by atoms with Crippen LogP contribution >= 0.6 is 11.3 Å². The number of nitrogens with zero attached hydrogens (tertiary/aromatic N) is 4. The summed E-state index contributed by atoms with van der Waals surface area (Å²) in [6.45, 7) is 3.20. The summed E-state index contributed by atoms with van der Waals surface area (Å²) in [6.07, 6.45) is 5.82. The molecule has 0 atom stereocenters. The third-order valence-corrected chi connectivity index (χ3v) is 6.49. The molecule has 2 fully saturated rings. The molecule has 0 aromatic carbocycles. The monoisotopic (exact) mass is 383 g/mol. The summed E-state index contributed by atoms with van der Waals surface area (Å²) in [5.74, 6) is 1.81. The van der Waals surface area contributed by atoms with Crippen molar-refractivity contribution in [1.82, 2.24) is 19.9 Å². The summed E-state index contributed by atoms with van der Waals surface area (Å²) < 4.78 is 5.23. The Balaban J connectivity index is 1.42. The Morgan fingerprint density at radius 2 is 2.19 bits per heavy atom. The quantitative estimate of drug-likeness (QED) is 0.753. The lowest BCUT2D eigenvalue weighted by Crippen LogP contribution is -2.36. The topological polar surface area (TPSA) is 74.3 Å². The number of nitrogens with one attached hydrogen (secondary N) is 1. The van der Waals surface area contributed by atoms with Gasteiger partial charge in [0.05, 0.1) is 17.4 Å². The average Bonchev–Trinajstić information content (AvgIpc) is 3.09. The van der Waals surface area contributed by atoms with E-state index >= 15 is 0 Å². The van der Waals surface area contributed by atoms with E-state index in [0.29, 0.717) is 6.54 Å². The van der Waals surface area contributed by atoms with Crippen LogP contribution in [0.15, 0.2) is 30.0 Å². The molecule has 4 heterocycles. The number of fused-ring (bicyclic) bond motifs is 1. The summed E-state index contributed by atoms with van der Waals surface area (Å²) in [6, 6.07) is 3.86. The van der Waals surface area contributed by atoms with Crippen molar-refractivity contribution in [3.63, 3.8) is 0 Å². The normalized spacial score (nSPS) is 18.7. The Hall–Kier alpha value is -2.61. The highest BCUT2D eigenvalue weighted by molar-refractivity contribution is 7.12. The Bertz CT molecular complexity index is 993. The lowest BCUT2D eigenvalue weighted by Gasteiger charge is -2.25. The first-order chi connectivity index (χ1) is 13.2. The van der Waals surface area contributed by atoms with E-state index in [2.05, 4.69) is 19.9 Å². The zero-order valence-electron chi connectivity index (χ0n) is 15.1. The Morgan fingerprint density at radius 1 is 1.30 bits per heavy atom. The fourth-order valence-electron chi connectivity index (χ4n) is 3.91. The number of rotatable bonds is 3. The van der Waals surface area contributed by atoms with Gasteiger partial charge in [-0.2, -0.15) is 0 Å². The number of carbonyl (C=O) groups is 1. The number of anilines is 1. The molecule has 5 rings (SSSR count). The van der Waals surface area contributed by atoms with Crippen molar-refractivity contribution in [2.45, 2.75) is 12.8 Å². The highest BCUT2D eigenvalue weighted by atomic mass is 32.1. The van der Waals surface area contributed by atoms with Crippen LogP contribution in [0.4, 0.5) is 5.82 Å².